The number of likely N-dealkylation sites (tertiary alicyclic amines) is 2. The number of hydrogen-bond acceptors (Lipinski definition) is 9. The van der Waals surface area contributed by atoms with Crippen LogP contribution in [0.3, 0.4) is 0 Å². The van der Waals surface area contributed by atoms with Crippen molar-refractivity contribution in [3.05, 3.63) is 0 Å². The fourth-order valence-corrected chi connectivity index (χ4v) is 3.38. The van der Waals surface area contributed by atoms with E-state index in [1.165, 1.54) is 19.1 Å². The lowest BCUT2D eigenvalue weighted by atomic mass is 10.2. The zero-order valence-corrected chi connectivity index (χ0v) is 19.3. The minimum Gasteiger partial charge on any atom is -0.468 e. The highest BCUT2D eigenvalue weighted by molar-refractivity contribution is 5.82. The van der Waals surface area contributed by atoms with E-state index in [0.717, 1.165) is 13.0 Å². The number of nitrogens with zero attached hydrogens (tertiary/aromatic N) is 2. The monoisotopic (exact) mass is 432 g/mol. The van der Waals surface area contributed by atoms with E-state index in [0.29, 0.717) is 13.0 Å². The molecule has 0 radical (unpaired) electrons. The third-order valence-corrected chi connectivity index (χ3v) is 5.01. The number of methoxy groups -OCH3 is 4. The summed E-state index contributed by atoms with van der Waals surface area (Å²) in [6.45, 7) is 6.48. The maximum absolute atomic E-state index is 12.0. The van der Waals surface area contributed by atoms with Gasteiger partial charge in [0.1, 0.15) is 17.7 Å². The van der Waals surface area contributed by atoms with Crippen LogP contribution in [0.1, 0.15) is 33.6 Å². The van der Waals surface area contributed by atoms with E-state index < -0.39 is 23.7 Å². The Morgan fingerprint density at radius 1 is 0.800 bits per heavy atom. The van der Waals surface area contributed by atoms with Gasteiger partial charge >= 0.3 is 18.0 Å². The van der Waals surface area contributed by atoms with E-state index in [4.69, 9.17) is 18.9 Å². The van der Waals surface area contributed by atoms with Crippen LogP contribution in [-0.2, 0) is 33.3 Å². The minimum absolute atomic E-state index is 0.125. The van der Waals surface area contributed by atoms with Crippen molar-refractivity contribution in [3.8, 4) is 0 Å². The molecule has 174 valence electrons. The predicted octanol–water partition coefficient (Wildman–Crippen LogP) is 1.06. The van der Waals surface area contributed by atoms with Gasteiger partial charge in [-0.3, -0.25) is 14.6 Å². The van der Waals surface area contributed by atoms with Gasteiger partial charge in [-0.2, -0.15) is 0 Å². The Morgan fingerprint density at radius 3 is 1.70 bits per heavy atom. The predicted molar refractivity (Wildman–Crippen MR) is 108 cm³/mol. The van der Waals surface area contributed by atoms with Gasteiger partial charge in [-0.15, -0.1) is 0 Å². The Kier molecular flexibility index (Phi) is 9.99. The van der Waals surface area contributed by atoms with Gasteiger partial charge in [0, 0.05) is 33.6 Å². The van der Waals surface area contributed by atoms with Gasteiger partial charge in [-0.25, -0.2) is 9.59 Å². The number of amides is 1. The van der Waals surface area contributed by atoms with Gasteiger partial charge in [-0.05, 0) is 27.8 Å². The lowest BCUT2D eigenvalue weighted by Crippen LogP contribution is -2.44. The van der Waals surface area contributed by atoms with Crippen molar-refractivity contribution in [2.24, 2.45) is 0 Å². The summed E-state index contributed by atoms with van der Waals surface area (Å²) in [7, 11) is 7.84. The lowest BCUT2D eigenvalue weighted by molar-refractivity contribution is -0.146. The molecule has 0 aliphatic carbocycles. The molecule has 10 nitrogen and oxygen atoms in total. The topological polar surface area (TPSA) is 104 Å². The minimum atomic E-state index is -0.630. The fourth-order valence-electron chi connectivity index (χ4n) is 3.38. The third-order valence-electron chi connectivity index (χ3n) is 5.01. The Labute approximate surface area is 178 Å². The first-order valence-electron chi connectivity index (χ1n) is 9.88. The quantitative estimate of drug-likeness (QED) is 0.476. The number of carbonyl (C=O) groups is 3. The summed E-state index contributed by atoms with van der Waals surface area (Å²) >= 11 is 0. The molecule has 0 bridgehead atoms. The molecule has 2 rings (SSSR count). The molecule has 2 saturated heterocycles. The van der Waals surface area contributed by atoms with Crippen LogP contribution >= 0.6 is 0 Å². The molecule has 0 aromatic heterocycles. The number of carbonyl (C=O) groups excluding carboxylic acids is 3. The maximum Gasteiger partial charge on any atom is 0.411 e. The van der Waals surface area contributed by atoms with Gasteiger partial charge in [0.2, 0.25) is 0 Å². The van der Waals surface area contributed by atoms with Crippen LogP contribution in [0.2, 0.25) is 0 Å². The summed E-state index contributed by atoms with van der Waals surface area (Å²) in [6.07, 6.45) is 0.653. The van der Waals surface area contributed by atoms with E-state index in [9.17, 15) is 14.4 Å². The van der Waals surface area contributed by atoms with Crippen molar-refractivity contribution in [2.75, 3.05) is 48.6 Å². The number of likely N-dealkylation sites (N-methyl/N-ethyl adjacent to an activating group) is 1. The standard InChI is InChI=1S/C12H21NO5.C8H15NO3/c1-12(2,3)18-11(15)13-7-8(16-4)6-9(13)10(14)17-5;1-9-5-6(11-2)4-7(9)8(10)12-3/h8-9H,6-7H2,1-5H3;6-7H,4-5H2,1-3H3/t8-,9-;6-,7-/m00/s1. The average molecular weight is 433 g/mol. The molecule has 30 heavy (non-hydrogen) atoms. The molecule has 2 aliphatic heterocycles. The highest BCUT2D eigenvalue weighted by Gasteiger charge is 2.42. The van der Waals surface area contributed by atoms with Crippen molar-refractivity contribution in [1.29, 1.82) is 0 Å². The molecule has 0 unspecified atom stereocenters. The molecule has 0 N–H and O–H groups in total. The molecule has 2 aliphatic rings. The molecule has 1 amide bonds. The molecule has 0 saturated carbocycles. The maximum atomic E-state index is 12.0. The second kappa shape index (κ2) is 11.5. The Hall–Kier alpha value is -1.91. The summed E-state index contributed by atoms with van der Waals surface area (Å²) in [6, 6.07) is -0.755. The zero-order valence-electron chi connectivity index (χ0n) is 19.3. The molecule has 0 spiro atoms. The third kappa shape index (κ3) is 7.41. The molecule has 2 heterocycles. The van der Waals surface area contributed by atoms with Gasteiger partial charge in [0.15, 0.2) is 0 Å². The van der Waals surface area contributed by atoms with E-state index in [1.807, 2.05) is 11.9 Å². The summed E-state index contributed by atoms with van der Waals surface area (Å²) in [5.74, 6) is -0.613. The summed E-state index contributed by atoms with van der Waals surface area (Å²) < 4.78 is 25.0. The summed E-state index contributed by atoms with van der Waals surface area (Å²) in [5, 5.41) is 0. The van der Waals surface area contributed by atoms with E-state index in [1.54, 1.807) is 35.0 Å². The molecular formula is C20H36N2O8. The average Bonchev–Trinajstić information content (AvgIpc) is 3.29. The lowest BCUT2D eigenvalue weighted by Gasteiger charge is -2.27. The SMILES string of the molecule is COC(=O)[C@@H]1C[C@H](OC)CN1C.COC(=O)[C@@H]1C[C@H](OC)CN1C(=O)OC(C)(C)C. The summed E-state index contributed by atoms with van der Waals surface area (Å²) in [5.41, 5.74) is -0.594. The smallest absolute Gasteiger partial charge is 0.411 e. The van der Waals surface area contributed by atoms with E-state index in [-0.39, 0.29) is 24.2 Å². The van der Waals surface area contributed by atoms with Crippen LogP contribution in [0.5, 0.6) is 0 Å². The van der Waals surface area contributed by atoms with Gasteiger partial charge < -0.3 is 23.7 Å². The molecule has 0 aromatic rings. The van der Waals surface area contributed by atoms with Crippen LogP contribution in [0, 0.1) is 0 Å². The normalized spacial score (nSPS) is 26.6. The second-order valence-electron chi connectivity index (χ2n) is 8.34. The highest BCUT2D eigenvalue weighted by Crippen LogP contribution is 2.23. The fraction of sp³-hybridized carbons (Fsp3) is 0.850. The Morgan fingerprint density at radius 2 is 1.27 bits per heavy atom. The first-order valence-corrected chi connectivity index (χ1v) is 9.88. The van der Waals surface area contributed by atoms with Crippen molar-refractivity contribution in [2.45, 2.75) is 63.5 Å². The van der Waals surface area contributed by atoms with Gasteiger partial charge in [0.05, 0.1) is 33.0 Å². The Bertz CT molecular complexity index is 592. The zero-order chi connectivity index (χ0) is 23.1. The molecule has 10 heteroatoms. The molecule has 0 aromatic carbocycles. The van der Waals surface area contributed by atoms with Crippen molar-refractivity contribution < 1.29 is 38.1 Å². The van der Waals surface area contributed by atoms with Crippen LogP contribution in [-0.4, -0.2) is 106 Å². The molecule has 4 atom stereocenters. The Balaban J connectivity index is 0.000000325. The number of rotatable bonds is 4. The van der Waals surface area contributed by atoms with Crippen LogP contribution in [0.4, 0.5) is 4.79 Å². The largest absolute Gasteiger partial charge is 0.468 e. The number of ether oxygens (including phenoxy) is 5. The van der Waals surface area contributed by atoms with Gasteiger partial charge in [-0.1, -0.05) is 0 Å². The van der Waals surface area contributed by atoms with Crippen LogP contribution < -0.4 is 0 Å². The first kappa shape index (κ1) is 26.1. The first-order chi connectivity index (χ1) is 14.0. The summed E-state index contributed by atoms with van der Waals surface area (Å²) in [4.78, 5) is 38.1. The van der Waals surface area contributed by atoms with E-state index in [2.05, 4.69) is 4.74 Å². The number of esters is 2. The molecular weight excluding hydrogens is 396 g/mol. The van der Waals surface area contributed by atoms with Crippen molar-refractivity contribution >= 4 is 18.0 Å². The highest BCUT2D eigenvalue weighted by atomic mass is 16.6. The van der Waals surface area contributed by atoms with Gasteiger partial charge in [0.25, 0.3) is 0 Å². The number of hydrogen-bond donors (Lipinski definition) is 0. The van der Waals surface area contributed by atoms with Crippen molar-refractivity contribution in [1.82, 2.24) is 9.80 Å². The second-order valence-corrected chi connectivity index (χ2v) is 8.34. The molecule has 2 fully saturated rings. The van der Waals surface area contributed by atoms with Crippen LogP contribution in [0.25, 0.3) is 0 Å². The van der Waals surface area contributed by atoms with Crippen LogP contribution in [0.15, 0.2) is 0 Å². The van der Waals surface area contributed by atoms with E-state index >= 15 is 0 Å². The van der Waals surface area contributed by atoms with Crippen molar-refractivity contribution in [3.63, 3.8) is 0 Å².